The number of rotatable bonds is 6. The van der Waals surface area contributed by atoms with Crippen LogP contribution in [0.2, 0.25) is 0 Å². The van der Waals surface area contributed by atoms with Gasteiger partial charge in [-0.3, -0.25) is 4.79 Å². The van der Waals surface area contributed by atoms with E-state index in [1.807, 2.05) is 0 Å². The molecule has 0 radical (unpaired) electrons. The van der Waals surface area contributed by atoms with E-state index in [0.717, 1.165) is 24.3 Å². The van der Waals surface area contributed by atoms with Crippen molar-refractivity contribution in [2.24, 2.45) is 0 Å². The molecule has 0 aliphatic heterocycles. The predicted molar refractivity (Wildman–Crippen MR) is 99.9 cm³/mol. The first-order chi connectivity index (χ1) is 14.6. The van der Waals surface area contributed by atoms with Crippen molar-refractivity contribution in [3.63, 3.8) is 0 Å². The predicted octanol–water partition coefficient (Wildman–Crippen LogP) is 5.16. The van der Waals surface area contributed by atoms with Crippen molar-refractivity contribution in [1.29, 1.82) is 0 Å². The summed E-state index contributed by atoms with van der Waals surface area (Å²) in [7, 11) is 0. The van der Waals surface area contributed by atoms with Crippen molar-refractivity contribution in [3.05, 3.63) is 89.1 Å². The first-order valence-corrected chi connectivity index (χ1v) is 8.70. The molecule has 1 heterocycles. The zero-order chi connectivity index (χ0) is 22.6. The number of ketones is 1. The molecule has 1 N–H and O–H groups in total. The third-order valence-electron chi connectivity index (χ3n) is 4.04. The van der Waals surface area contributed by atoms with Gasteiger partial charge in [0.15, 0.2) is 6.61 Å². The van der Waals surface area contributed by atoms with E-state index in [-0.39, 0.29) is 17.1 Å². The van der Waals surface area contributed by atoms with Gasteiger partial charge in [-0.25, -0.2) is 18.6 Å². The number of nitrogens with one attached hydrogen (secondary N) is 1. The Bertz CT molecular complexity index is 1130. The van der Waals surface area contributed by atoms with E-state index in [1.165, 1.54) is 30.5 Å². The summed E-state index contributed by atoms with van der Waals surface area (Å²) >= 11 is 0. The minimum Gasteiger partial charge on any atom is -0.454 e. The Morgan fingerprint density at radius 1 is 0.968 bits per heavy atom. The van der Waals surface area contributed by atoms with Crippen LogP contribution < -0.4 is 5.32 Å². The van der Waals surface area contributed by atoms with Crippen LogP contribution in [0.1, 0.15) is 26.3 Å². The number of carbonyl (C=O) groups excluding carboxylic acids is 2. The van der Waals surface area contributed by atoms with Gasteiger partial charge in [0, 0.05) is 11.9 Å². The maximum Gasteiger partial charge on any atom is 0.416 e. The lowest BCUT2D eigenvalue weighted by atomic mass is 10.1. The maximum absolute atomic E-state index is 13.7. The third kappa shape index (κ3) is 5.41. The number of ether oxygens (including phenoxy) is 1. The fourth-order valence-electron chi connectivity index (χ4n) is 2.58. The fourth-order valence-corrected chi connectivity index (χ4v) is 2.58. The Hall–Kier alpha value is -3.82. The molecule has 0 amide bonds. The van der Waals surface area contributed by atoms with Crippen LogP contribution in [0.3, 0.4) is 0 Å². The summed E-state index contributed by atoms with van der Waals surface area (Å²) in [6.45, 7) is -0.878. The largest absolute Gasteiger partial charge is 0.454 e. The molecule has 0 saturated heterocycles. The Kier molecular flexibility index (Phi) is 6.28. The smallest absolute Gasteiger partial charge is 0.416 e. The van der Waals surface area contributed by atoms with Crippen LogP contribution >= 0.6 is 0 Å². The molecule has 0 bridgehead atoms. The van der Waals surface area contributed by atoms with Crippen LogP contribution in [0.4, 0.5) is 33.5 Å². The second-order valence-corrected chi connectivity index (χ2v) is 6.23. The number of aromatic nitrogens is 1. The molecule has 0 atom stereocenters. The molecule has 0 unspecified atom stereocenters. The molecule has 0 saturated carbocycles. The molecule has 0 spiro atoms. The van der Waals surface area contributed by atoms with E-state index in [2.05, 4.69) is 10.3 Å². The van der Waals surface area contributed by atoms with Crippen LogP contribution in [0.15, 0.2) is 60.8 Å². The van der Waals surface area contributed by atoms with Gasteiger partial charge in [0.25, 0.3) is 0 Å². The summed E-state index contributed by atoms with van der Waals surface area (Å²) in [6, 6.07) is 9.17. The maximum atomic E-state index is 13.7. The van der Waals surface area contributed by atoms with Gasteiger partial charge in [0.2, 0.25) is 5.78 Å². The highest BCUT2D eigenvalue weighted by Gasteiger charge is 2.30. The van der Waals surface area contributed by atoms with Gasteiger partial charge in [-0.2, -0.15) is 13.2 Å². The van der Waals surface area contributed by atoms with Crippen LogP contribution in [-0.4, -0.2) is 23.3 Å². The lowest BCUT2D eigenvalue weighted by molar-refractivity contribution is -0.137. The number of anilines is 2. The fraction of sp³-hybridized carbons (Fsp3) is 0.0952. The van der Waals surface area contributed by atoms with Crippen LogP contribution in [0, 0.1) is 11.6 Å². The number of carbonyl (C=O) groups is 2. The van der Waals surface area contributed by atoms with Crippen molar-refractivity contribution >= 4 is 23.3 Å². The number of hydrogen-bond donors (Lipinski definition) is 1. The minimum absolute atomic E-state index is 0.0143. The van der Waals surface area contributed by atoms with Gasteiger partial charge in [-0.05, 0) is 48.5 Å². The van der Waals surface area contributed by atoms with E-state index < -0.39 is 47.3 Å². The van der Waals surface area contributed by atoms with E-state index >= 15 is 0 Å². The molecule has 2 aromatic carbocycles. The first-order valence-electron chi connectivity index (χ1n) is 8.70. The SMILES string of the molecule is O=C(COC(=O)c1cccnc1Nc1cccc(C(F)(F)F)c1)c1cc(F)ccc1F. The van der Waals surface area contributed by atoms with E-state index in [9.17, 15) is 31.5 Å². The van der Waals surface area contributed by atoms with Gasteiger partial charge in [-0.1, -0.05) is 6.07 Å². The van der Waals surface area contributed by atoms with E-state index in [4.69, 9.17) is 4.74 Å². The second-order valence-electron chi connectivity index (χ2n) is 6.23. The molecule has 10 heteroatoms. The second kappa shape index (κ2) is 8.90. The van der Waals surface area contributed by atoms with Gasteiger partial charge in [-0.15, -0.1) is 0 Å². The molecular formula is C21H13F5N2O3. The number of Topliss-reactive ketones (excluding diaryl/α,β-unsaturated/α-hetero) is 1. The molecule has 5 nitrogen and oxygen atoms in total. The van der Waals surface area contributed by atoms with Crippen molar-refractivity contribution in [2.45, 2.75) is 6.18 Å². The molecule has 1 aromatic heterocycles. The lowest BCUT2D eigenvalue weighted by Crippen LogP contribution is -2.17. The highest BCUT2D eigenvalue weighted by Crippen LogP contribution is 2.31. The standard InChI is InChI=1S/C21H13F5N2O3/c22-13-6-7-17(23)16(10-13)18(29)11-31-20(30)15-5-2-8-27-19(15)28-14-4-1-3-12(9-14)21(24,25)26/h1-10H,11H2,(H,27,28). The number of halogens is 5. The van der Waals surface area contributed by atoms with Gasteiger partial charge >= 0.3 is 12.1 Å². The molecule has 0 fully saturated rings. The van der Waals surface area contributed by atoms with Crippen molar-refractivity contribution in [3.8, 4) is 0 Å². The van der Waals surface area contributed by atoms with Crippen LogP contribution in [-0.2, 0) is 10.9 Å². The third-order valence-corrected chi connectivity index (χ3v) is 4.04. The Morgan fingerprint density at radius 3 is 2.48 bits per heavy atom. The summed E-state index contributed by atoms with van der Waals surface area (Å²) in [6.07, 6.45) is -3.27. The molecule has 31 heavy (non-hydrogen) atoms. The first kappa shape index (κ1) is 21.9. The molecular weight excluding hydrogens is 423 g/mol. The van der Waals surface area contributed by atoms with Gasteiger partial charge in [0.1, 0.15) is 23.0 Å². The number of hydrogen-bond acceptors (Lipinski definition) is 5. The van der Waals surface area contributed by atoms with Crippen LogP contribution in [0.5, 0.6) is 0 Å². The molecule has 3 rings (SSSR count). The summed E-state index contributed by atoms with van der Waals surface area (Å²) in [4.78, 5) is 28.3. The average molecular weight is 436 g/mol. The quantitative estimate of drug-likeness (QED) is 0.328. The normalized spacial score (nSPS) is 11.1. The van der Waals surface area contributed by atoms with E-state index in [1.54, 1.807) is 0 Å². The van der Waals surface area contributed by atoms with Crippen LogP contribution in [0.25, 0.3) is 0 Å². The topological polar surface area (TPSA) is 68.3 Å². The van der Waals surface area contributed by atoms with Crippen molar-refractivity contribution in [2.75, 3.05) is 11.9 Å². The number of nitrogens with zero attached hydrogens (tertiary/aromatic N) is 1. The summed E-state index contributed by atoms with van der Waals surface area (Å²) < 4.78 is 70.4. The number of benzene rings is 2. The summed E-state index contributed by atoms with van der Waals surface area (Å²) in [5, 5.41) is 2.60. The Labute approximate surface area is 172 Å². The monoisotopic (exact) mass is 436 g/mol. The summed E-state index contributed by atoms with van der Waals surface area (Å²) in [5.41, 5.74) is -1.64. The zero-order valence-corrected chi connectivity index (χ0v) is 15.5. The molecule has 0 aliphatic rings. The van der Waals surface area contributed by atoms with Gasteiger partial charge in [0.05, 0.1) is 11.1 Å². The minimum atomic E-state index is -4.56. The Morgan fingerprint density at radius 2 is 1.74 bits per heavy atom. The summed E-state index contributed by atoms with van der Waals surface area (Å²) in [5.74, 6) is -3.93. The van der Waals surface area contributed by atoms with E-state index in [0.29, 0.717) is 6.07 Å². The Balaban J connectivity index is 1.75. The highest BCUT2D eigenvalue weighted by atomic mass is 19.4. The molecule has 0 aliphatic carbocycles. The average Bonchev–Trinajstić information content (AvgIpc) is 2.73. The number of esters is 1. The van der Waals surface area contributed by atoms with Crippen molar-refractivity contribution < 1.29 is 36.3 Å². The molecule has 160 valence electrons. The van der Waals surface area contributed by atoms with Gasteiger partial charge < -0.3 is 10.1 Å². The molecule has 3 aromatic rings. The highest BCUT2D eigenvalue weighted by molar-refractivity contribution is 6.01. The lowest BCUT2D eigenvalue weighted by Gasteiger charge is -2.12. The zero-order valence-electron chi connectivity index (χ0n) is 15.5. The van der Waals surface area contributed by atoms with Crippen molar-refractivity contribution in [1.82, 2.24) is 4.98 Å². The number of alkyl halides is 3. The number of pyridine rings is 1.